The molecule has 0 bridgehead atoms. The minimum Gasteiger partial charge on any atom is -0.489 e. The number of anilines is 1. The van der Waals surface area contributed by atoms with E-state index in [1.54, 1.807) is 71.5 Å². The molecule has 7 heteroatoms. The molecule has 0 aliphatic carbocycles. The van der Waals surface area contributed by atoms with Crippen molar-refractivity contribution in [2.24, 2.45) is 0 Å². The number of rotatable bonds is 7. The molecule has 0 saturated carbocycles. The fourth-order valence-corrected chi connectivity index (χ4v) is 3.08. The molecule has 3 aromatic carbocycles. The summed E-state index contributed by atoms with van der Waals surface area (Å²) in [5.41, 5.74) is 1.96. The van der Waals surface area contributed by atoms with Gasteiger partial charge in [-0.15, -0.1) is 0 Å². The highest BCUT2D eigenvalue weighted by molar-refractivity contribution is 6.30. The van der Waals surface area contributed by atoms with E-state index in [-0.39, 0.29) is 18.3 Å². The van der Waals surface area contributed by atoms with Crippen LogP contribution in [0.4, 0.5) is 10.2 Å². The number of amides is 1. The predicted molar refractivity (Wildman–Crippen MR) is 118 cm³/mol. The first-order valence-corrected chi connectivity index (χ1v) is 10.0. The first kappa shape index (κ1) is 20.6. The highest BCUT2D eigenvalue weighted by Gasteiger charge is 2.09. The van der Waals surface area contributed by atoms with Crippen LogP contribution in [-0.4, -0.2) is 15.7 Å². The average molecular weight is 436 g/mol. The molecule has 4 rings (SSSR count). The topological polar surface area (TPSA) is 56.2 Å². The Morgan fingerprint density at radius 2 is 1.74 bits per heavy atom. The summed E-state index contributed by atoms with van der Waals surface area (Å²) in [5, 5.41) is 7.69. The fourth-order valence-electron chi connectivity index (χ4n) is 2.96. The Morgan fingerprint density at radius 3 is 2.48 bits per heavy atom. The van der Waals surface area contributed by atoms with Gasteiger partial charge in [-0.25, -0.2) is 4.39 Å². The highest BCUT2D eigenvalue weighted by atomic mass is 35.5. The van der Waals surface area contributed by atoms with E-state index in [1.807, 2.05) is 12.1 Å². The van der Waals surface area contributed by atoms with E-state index in [0.717, 1.165) is 11.3 Å². The zero-order valence-corrected chi connectivity index (χ0v) is 17.2. The summed E-state index contributed by atoms with van der Waals surface area (Å²) in [6.07, 6.45) is 1.69. The van der Waals surface area contributed by atoms with Gasteiger partial charge < -0.3 is 10.1 Å². The van der Waals surface area contributed by atoms with Crippen LogP contribution in [0.25, 0.3) is 0 Å². The lowest BCUT2D eigenvalue weighted by Gasteiger charge is -2.07. The number of nitrogens with zero attached hydrogens (tertiary/aromatic N) is 2. The number of aromatic nitrogens is 2. The molecule has 1 heterocycles. The van der Waals surface area contributed by atoms with E-state index in [9.17, 15) is 9.18 Å². The fraction of sp³-hybridized carbons (Fsp3) is 0.0833. The van der Waals surface area contributed by atoms with Crippen LogP contribution in [0.3, 0.4) is 0 Å². The lowest BCUT2D eigenvalue weighted by atomic mass is 10.1. The van der Waals surface area contributed by atoms with Crippen LogP contribution in [0.15, 0.2) is 85.1 Å². The van der Waals surface area contributed by atoms with Gasteiger partial charge in [-0.2, -0.15) is 5.10 Å². The summed E-state index contributed by atoms with van der Waals surface area (Å²) in [6, 6.07) is 22.5. The van der Waals surface area contributed by atoms with Crippen molar-refractivity contribution in [3.8, 4) is 5.75 Å². The van der Waals surface area contributed by atoms with E-state index in [4.69, 9.17) is 16.3 Å². The number of hydrogen-bond donors (Lipinski definition) is 1. The van der Waals surface area contributed by atoms with Crippen molar-refractivity contribution in [1.82, 2.24) is 9.78 Å². The van der Waals surface area contributed by atoms with Gasteiger partial charge in [0.1, 0.15) is 18.2 Å². The number of ether oxygens (including phenoxy) is 1. The SMILES string of the molecule is O=C(Nc1ccn(Cc2ccccc2F)n1)c1ccc(COc2ccc(Cl)cc2)cc1. The number of carbonyl (C=O) groups is 1. The summed E-state index contributed by atoms with van der Waals surface area (Å²) < 4.78 is 21.1. The third-order valence-electron chi connectivity index (χ3n) is 4.61. The Bertz CT molecular complexity index is 1170. The molecular weight excluding hydrogens is 417 g/mol. The van der Waals surface area contributed by atoms with Crippen molar-refractivity contribution in [3.63, 3.8) is 0 Å². The minimum absolute atomic E-state index is 0.277. The van der Waals surface area contributed by atoms with Crippen LogP contribution in [0.1, 0.15) is 21.5 Å². The molecule has 0 spiro atoms. The van der Waals surface area contributed by atoms with E-state index >= 15 is 0 Å². The molecule has 0 unspecified atom stereocenters. The van der Waals surface area contributed by atoms with Gasteiger partial charge in [0.05, 0.1) is 6.54 Å². The summed E-state index contributed by atoms with van der Waals surface area (Å²) in [4.78, 5) is 12.5. The first-order valence-electron chi connectivity index (χ1n) is 9.62. The standard InChI is InChI=1S/C24H19ClFN3O2/c25-20-9-11-21(12-10-20)31-16-17-5-7-18(8-6-17)24(30)27-23-13-14-29(28-23)15-19-3-1-2-4-22(19)26/h1-14H,15-16H2,(H,27,28,30). The van der Waals surface area contributed by atoms with Gasteiger partial charge in [-0.3, -0.25) is 9.48 Å². The maximum atomic E-state index is 13.8. The molecular formula is C24H19ClFN3O2. The second-order valence-electron chi connectivity index (χ2n) is 6.88. The Morgan fingerprint density at radius 1 is 1.00 bits per heavy atom. The van der Waals surface area contributed by atoms with E-state index < -0.39 is 0 Å². The quantitative estimate of drug-likeness (QED) is 0.413. The molecule has 1 aromatic heterocycles. The summed E-state index contributed by atoms with van der Waals surface area (Å²) in [5.74, 6) is 0.554. The third kappa shape index (κ3) is 5.49. The van der Waals surface area contributed by atoms with Gasteiger partial charge in [0.15, 0.2) is 5.82 Å². The number of nitrogens with one attached hydrogen (secondary N) is 1. The molecule has 0 aliphatic heterocycles. The molecule has 4 aromatic rings. The number of carbonyl (C=O) groups excluding carboxylic acids is 1. The van der Waals surface area contributed by atoms with Crippen LogP contribution in [0.5, 0.6) is 5.75 Å². The lowest BCUT2D eigenvalue weighted by Crippen LogP contribution is -2.13. The summed E-state index contributed by atoms with van der Waals surface area (Å²) >= 11 is 5.86. The summed E-state index contributed by atoms with van der Waals surface area (Å²) in [6.45, 7) is 0.662. The average Bonchev–Trinajstić information content (AvgIpc) is 3.22. The molecule has 0 atom stereocenters. The van der Waals surface area contributed by atoms with Gasteiger partial charge in [0.25, 0.3) is 5.91 Å². The van der Waals surface area contributed by atoms with Crippen LogP contribution >= 0.6 is 11.6 Å². The van der Waals surface area contributed by atoms with Gasteiger partial charge >= 0.3 is 0 Å². The highest BCUT2D eigenvalue weighted by Crippen LogP contribution is 2.17. The Balaban J connectivity index is 1.33. The molecule has 1 amide bonds. The lowest BCUT2D eigenvalue weighted by molar-refractivity contribution is 0.102. The Kier molecular flexibility index (Phi) is 6.29. The van der Waals surface area contributed by atoms with Gasteiger partial charge in [0, 0.05) is 28.4 Å². The van der Waals surface area contributed by atoms with Crippen molar-refractivity contribution in [3.05, 3.63) is 113 Å². The number of hydrogen-bond acceptors (Lipinski definition) is 3. The van der Waals surface area contributed by atoms with Crippen LogP contribution < -0.4 is 10.1 Å². The zero-order valence-electron chi connectivity index (χ0n) is 16.5. The maximum Gasteiger partial charge on any atom is 0.256 e. The molecule has 5 nitrogen and oxygen atoms in total. The van der Waals surface area contributed by atoms with Crippen molar-refractivity contribution in [2.75, 3.05) is 5.32 Å². The number of benzene rings is 3. The molecule has 0 radical (unpaired) electrons. The van der Waals surface area contributed by atoms with Crippen molar-refractivity contribution in [1.29, 1.82) is 0 Å². The van der Waals surface area contributed by atoms with Crippen LogP contribution in [0.2, 0.25) is 5.02 Å². The number of halogens is 2. The zero-order chi connectivity index (χ0) is 21.6. The van der Waals surface area contributed by atoms with Crippen LogP contribution in [0, 0.1) is 5.82 Å². The van der Waals surface area contributed by atoms with Gasteiger partial charge in [-0.1, -0.05) is 41.9 Å². The first-order chi connectivity index (χ1) is 15.1. The molecule has 0 aliphatic rings. The van der Waals surface area contributed by atoms with E-state index in [1.165, 1.54) is 6.07 Å². The van der Waals surface area contributed by atoms with Crippen LogP contribution in [-0.2, 0) is 13.2 Å². The molecule has 0 fully saturated rings. The van der Waals surface area contributed by atoms with E-state index in [2.05, 4.69) is 10.4 Å². The maximum absolute atomic E-state index is 13.8. The van der Waals surface area contributed by atoms with Crippen molar-refractivity contribution in [2.45, 2.75) is 13.2 Å². The second kappa shape index (κ2) is 9.45. The monoisotopic (exact) mass is 435 g/mol. The molecule has 1 N–H and O–H groups in total. The summed E-state index contributed by atoms with van der Waals surface area (Å²) in [7, 11) is 0. The minimum atomic E-state index is -0.288. The van der Waals surface area contributed by atoms with Gasteiger partial charge in [0.2, 0.25) is 0 Å². The molecule has 156 valence electrons. The largest absolute Gasteiger partial charge is 0.489 e. The van der Waals surface area contributed by atoms with Crippen molar-refractivity contribution < 1.29 is 13.9 Å². The normalized spacial score (nSPS) is 10.6. The van der Waals surface area contributed by atoms with E-state index in [0.29, 0.717) is 28.6 Å². The molecule has 0 saturated heterocycles. The smallest absolute Gasteiger partial charge is 0.256 e. The van der Waals surface area contributed by atoms with Gasteiger partial charge in [-0.05, 0) is 48.0 Å². The third-order valence-corrected chi connectivity index (χ3v) is 4.86. The Labute approximate surface area is 184 Å². The Hall–Kier alpha value is -3.64. The van der Waals surface area contributed by atoms with Crippen molar-refractivity contribution >= 4 is 23.3 Å². The molecule has 31 heavy (non-hydrogen) atoms. The second-order valence-corrected chi connectivity index (χ2v) is 7.32. The predicted octanol–water partition coefficient (Wildman–Crippen LogP) is 5.56.